The molecule has 0 aromatic heterocycles. The van der Waals surface area contributed by atoms with Gasteiger partial charge in [-0.2, -0.15) is 0 Å². The molecule has 0 spiro atoms. The second kappa shape index (κ2) is 20.2. The number of guanidine groups is 1. The number of carbonyl (C=O) groups is 5. The summed E-state index contributed by atoms with van der Waals surface area (Å²) in [6, 6.07) is 30.1. The largest absolute Gasteiger partial charge is 0.370 e. The summed E-state index contributed by atoms with van der Waals surface area (Å²) in [4.78, 5) is 71.2. The van der Waals surface area contributed by atoms with Gasteiger partial charge in [0.1, 0.15) is 24.2 Å². The molecule has 296 valence electrons. The summed E-state index contributed by atoms with van der Waals surface area (Å²) in [5.41, 5.74) is 19.2. The highest BCUT2D eigenvalue weighted by atomic mass is 127. The van der Waals surface area contributed by atoms with Gasteiger partial charge in [-0.25, -0.2) is 0 Å². The van der Waals surface area contributed by atoms with E-state index in [0.29, 0.717) is 6.42 Å². The Morgan fingerprint density at radius 3 is 1.53 bits per heavy atom. The van der Waals surface area contributed by atoms with Gasteiger partial charge in [0.2, 0.25) is 29.5 Å². The third kappa shape index (κ3) is 12.7. The van der Waals surface area contributed by atoms with Crippen molar-refractivity contribution in [3.8, 4) is 0 Å². The second-order valence-electron chi connectivity index (χ2n) is 13.9. The number of rotatable bonds is 18. The minimum Gasteiger partial charge on any atom is -0.370 e. The summed E-state index contributed by atoms with van der Waals surface area (Å²) >= 11 is 2.18. The number of nitrogens with two attached hydrogens (primary N) is 3. The predicted molar refractivity (Wildman–Crippen MR) is 231 cm³/mol. The van der Waals surface area contributed by atoms with Crippen molar-refractivity contribution < 1.29 is 24.0 Å². The van der Waals surface area contributed by atoms with E-state index >= 15 is 0 Å². The maximum atomic E-state index is 14.2. The molecule has 5 rings (SSSR count). The Hall–Kier alpha value is -6.03. The van der Waals surface area contributed by atoms with Crippen LogP contribution in [0, 0.1) is 3.57 Å². The molecule has 57 heavy (non-hydrogen) atoms. The fraction of sp³-hybridized carbons (Fsp3) is 0.256. The van der Waals surface area contributed by atoms with Crippen molar-refractivity contribution >= 4 is 79.6 Å². The number of hydrogen-bond donors (Lipinski definition) is 7. The number of carbonyl (C=O) groups excluding carboxylic acids is 5. The third-order valence-electron chi connectivity index (χ3n) is 9.43. The first-order valence-electron chi connectivity index (χ1n) is 18.6. The lowest BCUT2D eigenvalue weighted by Gasteiger charge is -2.26. The molecule has 0 unspecified atom stereocenters. The number of fused-ring (bicyclic) bond motifs is 2. The van der Waals surface area contributed by atoms with Crippen molar-refractivity contribution in [1.82, 2.24) is 21.3 Å². The average molecular weight is 883 g/mol. The molecular formula is C43H47IN8O5. The lowest BCUT2D eigenvalue weighted by atomic mass is 9.99. The van der Waals surface area contributed by atoms with E-state index in [1.165, 1.54) is 6.92 Å². The van der Waals surface area contributed by atoms with Crippen LogP contribution in [0.15, 0.2) is 114 Å². The van der Waals surface area contributed by atoms with E-state index in [-0.39, 0.29) is 38.2 Å². The molecule has 0 aliphatic carbocycles. The van der Waals surface area contributed by atoms with Crippen LogP contribution in [0.2, 0.25) is 0 Å². The predicted octanol–water partition coefficient (Wildman–Crippen LogP) is 3.12. The quantitative estimate of drug-likeness (QED) is 0.0301. The van der Waals surface area contributed by atoms with Crippen LogP contribution < -0.4 is 38.5 Å². The SMILES string of the molecule is CC(=O)N[C@H](Cc1ccc(I)cc1)C(=O)N[C@@H](CCCN=C(N)N)C(=O)N[C@@H](Cc1ccc2ccccc2c1)C(=O)N[C@H](Cc1ccc2ccccc2c1)C(N)=O. The monoisotopic (exact) mass is 882 g/mol. The average Bonchev–Trinajstić information content (AvgIpc) is 3.18. The number of primary amides is 1. The van der Waals surface area contributed by atoms with Gasteiger partial charge in [-0.05, 0) is 85.8 Å². The first-order chi connectivity index (χ1) is 27.3. The van der Waals surface area contributed by atoms with Gasteiger partial charge in [-0.15, -0.1) is 0 Å². The molecule has 0 aliphatic rings. The fourth-order valence-electron chi connectivity index (χ4n) is 6.54. The molecule has 5 amide bonds. The molecule has 0 fully saturated rings. The molecule has 4 atom stereocenters. The van der Waals surface area contributed by atoms with Gasteiger partial charge >= 0.3 is 0 Å². The maximum Gasteiger partial charge on any atom is 0.243 e. The minimum absolute atomic E-state index is 0.0554. The molecule has 10 N–H and O–H groups in total. The Balaban J connectivity index is 1.41. The number of aliphatic imine (C=N–C) groups is 1. The summed E-state index contributed by atoms with van der Waals surface area (Å²) in [6.45, 7) is 1.48. The smallest absolute Gasteiger partial charge is 0.243 e. The van der Waals surface area contributed by atoms with E-state index in [0.717, 1.165) is 41.8 Å². The van der Waals surface area contributed by atoms with Crippen LogP contribution in [-0.4, -0.2) is 66.2 Å². The Kier molecular flexibility index (Phi) is 14.9. The molecule has 0 bridgehead atoms. The van der Waals surface area contributed by atoms with Crippen LogP contribution in [-0.2, 0) is 43.2 Å². The van der Waals surface area contributed by atoms with Crippen LogP contribution in [0.4, 0.5) is 0 Å². The van der Waals surface area contributed by atoms with Gasteiger partial charge in [-0.1, -0.05) is 97.1 Å². The molecule has 0 saturated carbocycles. The standard InChI is InChI=1S/C43H47IN8O5/c1-26(53)49-37(23-27-14-18-34(44)19-15-27)41(56)50-35(11-6-20-48-43(46)47)40(55)52-38(25-29-13-17-31-8-3-5-10-33(31)22-29)42(57)51-36(39(45)54)24-28-12-16-30-7-2-4-9-32(30)21-28/h2-5,7-10,12-19,21-22,35-38H,6,11,20,23-25H2,1H3,(H2,45,54)(H,49,53)(H,50,56)(H,51,57)(H,52,55)(H4,46,47,48)/t35-,36+,37+,38-/m0/s1. The normalized spacial score (nSPS) is 13.1. The van der Waals surface area contributed by atoms with E-state index in [1.807, 2.05) is 109 Å². The topological polar surface area (TPSA) is 224 Å². The van der Waals surface area contributed by atoms with E-state index < -0.39 is 53.7 Å². The van der Waals surface area contributed by atoms with Crippen molar-refractivity contribution in [1.29, 1.82) is 0 Å². The summed E-state index contributed by atoms with van der Waals surface area (Å²) in [7, 11) is 0. The van der Waals surface area contributed by atoms with Crippen LogP contribution in [0.5, 0.6) is 0 Å². The van der Waals surface area contributed by atoms with E-state index in [4.69, 9.17) is 17.2 Å². The summed E-state index contributed by atoms with van der Waals surface area (Å²) in [6.07, 6.45) is 0.746. The first kappa shape index (κ1) is 42.1. The molecule has 0 saturated heterocycles. The van der Waals surface area contributed by atoms with E-state index in [1.54, 1.807) is 0 Å². The number of nitrogens with one attached hydrogen (secondary N) is 4. The summed E-state index contributed by atoms with van der Waals surface area (Å²) in [5.74, 6) is -3.17. The molecule has 14 heteroatoms. The fourth-order valence-corrected chi connectivity index (χ4v) is 6.89. The lowest BCUT2D eigenvalue weighted by molar-refractivity contribution is -0.134. The minimum atomic E-state index is -1.19. The van der Waals surface area contributed by atoms with Crippen molar-refractivity contribution in [2.75, 3.05) is 6.54 Å². The second-order valence-corrected chi connectivity index (χ2v) is 15.1. The Morgan fingerprint density at radius 2 is 1.00 bits per heavy atom. The third-order valence-corrected chi connectivity index (χ3v) is 10.1. The zero-order valence-electron chi connectivity index (χ0n) is 31.5. The molecule has 0 heterocycles. The summed E-state index contributed by atoms with van der Waals surface area (Å²) < 4.78 is 1.01. The number of amides is 5. The molecule has 5 aromatic carbocycles. The maximum absolute atomic E-state index is 14.2. The van der Waals surface area contributed by atoms with Gasteiger partial charge in [0.25, 0.3) is 0 Å². The highest BCUT2D eigenvalue weighted by Gasteiger charge is 2.31. The van der Waals surface area contributed by atoms with Crippen molar-refractivity contribution in [2.45, 2.75) is 63.2 Å². The molecule has 5 aromatic rings. The van der Waals surface area contributed by atoms with Crippen molar-refractivity contribution in [3.63, 3.8) is 0 Å². The van der Waals surface area contributed by atoms with Gasteiger partial charge in [0.15, 0.2) is 5.96 Å². The number of hydrogen-bond acceptors (Lipinski definition) is 6. The van der Waals surface area contributed by atoms with Crippen molar-refractivity contribution in [3.05, 3.63) is 129 Å². The zero-order valence-corrected chi connectivity index (χ0v) is 33.7. The van der Waals surface area contributed by atoms with Crippen LogP contribution in [0.1, 0.15) is 36.5 Å². The van der Waals surface area contributed by atoms with Gasteiger partial charge in [-0.3, -0.25) is 29.0 Å². The zero-order chi connectivity index (χ0) is 40.9. The van der Waals surface area contributed by atoms with E-state index in [2.05, 4.69) is 48.9 Å². The molecule has 0 radical (unpaired) electrons. The van der Waals surface area contributed by atoms with E-state index in [9.17, 15) is 24.0 Å². The number of halogens is 1. The van der Waals surface area contributed by atoms with Crippen LogP contribution in [0.3, 0.4) is 0 Å². The first-order valence-corrected chi connectivity index (χ1v) is 19.6. The highest BCUT2D eigenvalue weighted by molar-refractivity contribution is 14.1. The van der Waals surface area contributed by atoms with Gasteiger partial charge < -0.3 is 38.5 Å². The summed E-state index contributed by atoms with van der Waals surface area (Å²) in [5, 5.41) is 15.0. The Bertz CT molecular complexity index is 2260. The number of nitrogens with zero attached hydrogens (tertiary/aromatic N) is 1. The van der Waals surface area contributed by atoms with Crippen LogP contribution >= 0.6 is 22.6 Å². The van der Waals surface area contributed by atoms with Crippen molar-refractivity contribution in [2.24, 2.45) is 22.2 Å². The van der Waals surface area contributed by atoms with Gasteiger partial charge in [0.05, 0.1) is 0 Å². The lowest BCUT2D eigenvalue weighted by Crippen LogP contribution is -2.59. The molecule has 0 aliphatic heterocycles. The van der Waals surface area contributed by atoms with Crippen LogP contribution in [0.25, 0.3) is 21.5 Å². The Labute approximate surface area is 344 Å². The van der Waals surface area contributed by atoms with Gasteiger partial charge in [0, 0.05) is 36.3 Å². The highest BCUT2D eigenvalue weighted by Crippen LogP contribution is 2.19. The number of benzene rings is 5. The molecule has 13 nitrogen and oxygen atoms in total. The Morgan fingerprint density at radius 1 is 0.561 bits per heavy atom. The molecular weight excluding hydrogens is 835 g/mol.